The van der Waals surface area contributed by atoms with Crippen molar-refractivity contribution in [2.45, 2.75) is 12.5 Å². The van der Waals surface area contributed by atoms with Crippen LogP contribution in [0.15, 0.2) is 87.8 Å². The first-order valence-corrected chi connectivity index (χ1v) is 10.2. The Balaban J connectivity index is 1.64. The summed E-state index contributed by atoms with van der Waals surface area (Å²) in [4.78, 5) is 17.9. The zero-order chi connectivity index (χ0) is 20.0. The van der Waals surface area contributed by atoms with Gasteiger partial charge in [-0.15, -0.1) is 0 Å². The van der Waals surface area contributed by atoms with Crippen LogP contribution < -0.4 is 5.32 Å². The molecule has 5 rings (SSSR count). The fourth-order valence-corrected chi connectivity index (χ4v) is 4.17. The monoisotopic (exact) mass is 444 g/mol. The largest absolute Gasteiger partial charge is 0.506 e. The van der Waals surface area contributed by atoms with Crippen LogP contribution in [0.25, 0.3) is 5.76 Å². The summed E-state index contributed by atoms with van der Waals surface area (Å²) >= 11 is 3.48. The molecule has 2 N–H and O–H groups in total. The molecule has 1 atom stereocenters. The summed E-state index contributed by atoms with van der Waals surface area (Å²) in [7, 11) is 0. The van der Waals surface area contributed by atoms with E-state index >= 15 is 0 Å². The van der Waals surface area contributed by atoms with E-state index in [1.54, 1.807) is 12.1 Å². The van der Waals surface area contributed by atoms with Crippen LogP contribution in [0, 0.1) is 0 Å². The van der Waals surface area contributed by atoms with Crippen molar-refractivity contribution < 1.29 is 9.90 Å². The van der Waals surface area contributed by atoms with E-state index in [1.165, 1.54) is 0 Å². The number of aliphatic hydroxyl groups is 1. The van der Waals surface area contributed by atoms with E-state index < -0.39 is 0 Å². The van der Waals surface area contributed by atoms with Gasteiger partial charge in [0.25, 0.3) is 0 Å². The molecule has 0 amide bonds. The summed E-state index contributed by atoms with van der Waals surface area (Å²) in [6.45, 7) is 0. The number of allylic oxidation sites excluding steroid dienone is 1. The number of halogens is 1. The van der Waals surface area contributed by atoms with Gasteiger partial charge >= 0.3 is 0 Å². The molecule has 1 heterocycles. The molecule has 0 saturated carbocycles. The second-order valence-electron chi connectivity index (χ2n) is 7.13. The summed E-state index contributed by atoms with van der Waals surface area (Å²) in [5.41, 5.74) is 4.72. The first kappa shape index (κ1) is 17.9. The van der Waals surface area contributed by atoms with E-state index in [-0.39, 0.29) is 17.6 Å². The minimum atomic E-state index is -0.175. The van der Waals surface area contributed by atoms with Gasteiger partial charge < -0.3 is 10.4 Å². The molecule has 5 heteroatoms. The first-order chi connectivity index (χ1) is 14.1. The number of carbonyl (C=O) groups excluding carboxylic acids is 1. The second-order valence-corrected chi connectivity index (χ2v) is 8.04. The van der Waals surface area contributed by atoms with Gasteiger partial charge in [-0.2, -0.15) is 0 Å². The van der Waals surface area contributed by atoms with Gasteiger partial charge in [0.05, 0.1) is 28.7 Å². The maximum atomic E-state index is 13.1. The number of nitrogens with zero attached hydrogens (tertiary/aromatic N) is 1. The molecular weight excluding hydrogens is 428 g/mol. The van der Waals surface area contributed by atoms with E-state index in [0.717, 1.165) is 21.4 Å². The van der Waals surface area contributed by atoms with Gasteiger partial charge in [-0.1, -0.05) is 64.5 Å². The molecule has 0 spiro atoms. The van der Waals surface area contributed by atoms with Crippen molar-refractivity contribution in [2.75, 3.05) is 5.32 Å². The lowest BCUT2D eigenvalue weighted by Gasteiger charge is -2.19. The number of fused-ring (bicyclic) bond motifs is 2. The Hall–Kier alpha value is -3.18. The third-order valence-corrected chi connectivity index (χ3v) is 5.87. The van der Waals surface area contributed by atoms with Crippen LogP contribution >= 0.6 is 15.9 Å². The molecule has 0 unspecified atom stereocenters. The number of hydrogen-bond acceptors (Lipinski definition) is 4. The number of anilines is 1. The highest BCUT2D eigenvalue weighted by Gasteiger charge is 2.34. The second kappa shape index (κ2) is 7.01. The van der Waals surface area contributed by atoms with Gasteiger partial charge in [-0.25, -0.2) is 0 Å². The summed E-state index contributed by atoms with van der Waals surface area (Å²) < 4.78 is 1.01. The number of ketones is 1. The van der Waals surface area contributed by atoms with Crippen LogP contribution in [0.3, 0.4) is 0 Å². The standard InChI is InChI=1S/C24H17BrN2O2/c25-15-11-9-14(10-12-15)20-13-21(27-19-8-4-3-7-18(19)26-20)22-23(28)16-5-1-2-6-17(16)24(22)29/h1-12,20,26,28H,13H2/t20-/m1/s1. The zero-order valence-electron chi connectivity index (χ0n) is 15.4. The summed E-state index contributed by atoms with van der Waals surface area (Å²) in [6, 6.07) is 22.9. The number of aliphatic hydroxyl groups excluding tert-OH is 1. The van der Waals surface area contributed by atoms with Crippen LogP contribution in [0.1, 0.15) is 33.9 Å². The SMILES string of the molecule is O=C1C(C2=Nc3ccccc3N[C@@H](c3ccc(Br)cc3)C2)=C(O)c2ccccc21. The molecule has 0 saturated heterocycles. The molecule has 0 bridgehead atoms. The third-order valence-electron chi connectivity index (χ3n) is 5.34. The average molecular weight is 445 g/mol. The molecule has 3 aromatic carbocycles. The van der Waals surface area contributed by atoms with Crippen molar-refractivity contribution in [3.05, 3.63) is 99.5 Å². The lowest BCUT2D eigenvalue weighted by molar-refractivity contribution is 0.104. The highest BCUT2D eigenvalue weighted by Crippen LogP contribution is 2.39. The summed E-state index contributed by atoms with van der Waals surface area (Å²) in [5.74, 6) is -0.163. The molecule has 142 valence electrons. The number of para-hydroxylation sites is 2. The van der Waals surface area contributed by atoms with Crippen LogP contribution in [0.4, 0.5) is 11.4 Å². The fraction of sp³-hybridized carbons (Fsp3) is 0.0833. The van der Waals surface area contributed by atoms with Gasteiger partial charge in [0.15, 0.2) is 5.78 Å². The van der Waals surface area contributed by atoms with E-state index in [9.17, 15) is 9.90 Å². The number of nitrogens with one attached hydrogen (secondary N) is 1. The topological polar surface area (TPSA) is 61.7 Å². The van der Waals surface area contributed by atoms with Crippen LogP contribution in [-0.4, -0.2) is 16.6 Å². The van der Waals surface area contributed by atoms with E-state index in [0.29, 0.717) is 28.8 Å². The molecule has 3 aromatic rings. The summed E-state index contributed by atoms with van der Waals surface area (Å²) in [6.07, 6.45) is 0.482. The average Bonchev–Trinajstić information content (AvgIpc) is 2.88. The fourth-order valence-electron chi connectivity index (χ4n) is 3.90. The quantitative estimate of drug-likeness (QED) is 0.491. The minimum absolute atomic E-state index is 0.0123. The molecule has 1 aliphatic heterocycles. The minimum Gasteiger partial charge on any atom is -0.506 e. The highest BCUT2D eigenvalue weighted by molar-refractivity contribution is 9.10. The Kier molecular flexibility index (Phi) is 4.32. The van der Waals surface area contributed by atoms with Gasteiger partial charge in [-0.3, -0.25) is 9.79 Å². The van der Waals surface area contributed by atoms with Crippen LogP contribution in [-0.2, 0) is 0 Å². The predicted molar refractivity (Wildman–Crippen MR) is 119 cm³/mol. The number of Topliss-reactive ketones (excluding diaryl/α,β-unsaturated/α-hetero) is 1. The normalized spacial score (nSPS) is 17.9. The van der Waals surface area contributed by atoms with Crippen molar-refractivity contribution in [3.8, 4) is 0 Å². The number of carbonyl (C=O) groups is 1. The highest BCUT2D eigenvalue weighted by atomic mass is 79.9. The van der Waals surface area contributed by atoms with Crippen molar-refractivity contribution in [1.29, 1.82) is 0 Å². The Morgan fingerprint density at radius 3 is 2.38 bits per heavy atom. The van der Waals surface area contributed by atoms with Gasteiger partial charge in [0.1, 0.15) is 5.76 Å². The van der Waals surface area contributed by atoms with E-state index in [2.05, 4.69) is 21.2 Å². The molecular formula is C24H17BrN2O2. The molecule has 0 radical (unpaired) electrons. The third kappa shape index (κ3) is 3.08. The van der Waals surface area contributed by atoms with Gasteiger partial charge in [0.2, 0.25) is 0 Å². The number of rotatable bonds is 2. The number of aliphatic imine (C=N–C) groups is 1. The maximum Gasteiger partial charge on any atom is 0.199 e. The van der Waals surface area contributed by atoms with Crippen molar-refractivity contribution in [1.82, 2.24) is 0 Å². The predicted octanol–water partition coefficient (Wildman–Crippen LogP) is 6.24. The van der Waals surface area contributed by atoms with Crippen molar-refractivity contribution in [3.63, 3.8) is 0 Å². The Bertz CT molecular complexity index is 1200. The number of benzene rings is 3. The number of hydrogen-bond donors (Lipinski definition) is 2. The van der Waals surface area contributed by atoms with Crippen LogP contribution in [0.2, 0.25) is 0 Å². The maximum absolute atomic E-state index is 13.1. The summed E-state index contributed by atoms with van der Waals surface area (Å²) in [5, 5.41) is 14.4. The van der Waals surface area contributed by atoms with Crippen molar-refractivity contribution >= 4 is 44.6 Å². The molecule has 0 fully saturated rings. The Labute approximate surface area is 176 Å². The van der Waals surface area contributed by atoms with E-state index in [4.69, 9.17) is 4.99 Å². The lowest BCUT2D eigenvalue weighted by atomic mass is 9.95. The van der Waals surface area contributed by atoms with Gasteiger partial charge in [-0.05, 0) is 29.8 Å². The smallest absolute Gasteiger partial charge is 0.199 e. The zero-order valence-corrected chi connectivity index (χ0v) is 17.0. The van der Waals surface area contributed by atoms with E-state index in [1.807, 2.05) is 60.7 Å². The van der Waals surface area contributed by atoms with Crippen molar-refractivity contribution in [2.24, 2.45) is 4.99 Å². The molecule has 1 aliphatic carbocycles. The molecule has 29 heavy (non-hydrogen) atoms. The first-order valence-electron chi connectivity index (χ1n) is 9.38. The molecule has 0 aromatic heterocycles. The lowest BCUT2D eigenvalue weighted by Crippen LogP contribution is -2.17. The Morgan fingerprint density at radius 1 is 0.931 bits per heavy atom. The molecule has 2 aliphatic rings. The Morgan fingerprint density at radius 2 is 1.62 bits per heavy atom. The van der Waals surface area contributed by atoms with Crippen LogP contribution in [0.5, 0.6) is 0 Å². The molecule has 4 nitrogen and oxygen atoms in total. The van der Waals surface area contributed by atoms with Gasteiger partial charge in [0, 0.05) is 22.0 Å².